The number of fused-ring (bicyclic) bond motifs is 1. The normalized spacial score (nSPS) is 24.8. The molecule has 0 aromatic heterocycles. The van der Waals surface area contributed by atoms with Crippen LogP contribution in [0.4, 0.5) is 0 Å². The number of methoxy groups -OCH3 is 1. The molecule has 0 N–H and O–H groups in total. The SMILES string of the molecule is COC1CCN(S(=O)(=O)N2CCc3ccccc3C2)C1. The van der Waals surface area contributed by atoms with Crippen LogP contribution in [0.15, 0.2) is 24.3 Å². The third-order valence-corrected chi connectivity index (χ3v) is 6.14. The summed E-state index contributed by atoms with van der Waals surface area (Å²) in [5, 5.41) is 0. The minimum atomic E-state index is -3.36. The molecular formula is C14H20N2O3S. The van der Waals surface area contributed by atoms with E-state index in [4.69, 9.17) is 4.74 Å². The average molecular weight is 296 g/mol. The highest BCUT2D eigenvalue weighted by Gasteiger charge is 2.36. The van der Waals surface area contributed by atoms with Gasteiger partial charge in [-0.3, -0.25) is 0 Å². The van der Waals surface area contributed by atoms with Crippen molar-refractivity contribution in [3.8, 4) is 0 Å². The first-order valence-corrected chi connectivity index (χ1v) is 8.36. The molecule has 1 unspecified atom stereocenters. The molecule has 2 aliphatic heterocycles. The molecule has 1 aromatic rings. The van der Waals surface area contributed by atoms with Crippen LogP contribution in [0.5, 0.6) is 0 Å². The topological polar surface area (TPSA) is 49.9 Å². The molecule has 2 aliphatic rings. The highest BCUT2D eigenvalue weighted by atomic mass is 32.2. The van der Waals surface area contributed by atoms with Crippen molar-refractivity contribution in [1.82, 2.24) is 8.61 Å². The van der Waals surface area contributed by atoms with Gasteiger partial charge < -0.3 is 4.74 Å². The second-order valence-electron chi connectivity index (χ2n) is 5.36. The third kappa shape index (κ3) is 2.48. The fraction of sp³-hybridized carbons (Fsp3) is 0.571. The zero-order valence-electron chi connectivity index (χ0n) is 11.7. The van der Waals surface area contributed by atoms with E-state index in [0.29, 0.717) is 26.2 Å². The highest BCUT2D eigenvalue weighted by Crippen LogP contribution is 2.25. The molecule has 0 bridgehead atoms. The number of ether oxygens (including phenoxy) is 1. The van der Waals surface area contributed by atoms with Crippen LogP contribution in [0.1, 0.15) is 17.5 Å². The van der Waals surface area contributed by atoms with Gasteiger partial charge in [0.1, 0.15) is 0 Å². The van der Waals surface area contributed by atoms with Crippen molar-refractivity contribution in [3.05, 3.63) is 35.4 Å². The fourth-order valence-electron chi connectivity index (χ4n) is 2.93. The first-order valence-electron chi connectivity index (χ1n) is 6.96. The number of nitrogens with zero attached hydrogens (tertiary/aromatic N) is 2. The molecule has 110 valence electrons. The molecule has 3 rings (SSSR count). The van der Waals surface area contributed by atoms with Crippen LogP contribution in [0, 0.1) is 0 Å². The van der Waals surface area contributed by atoms with Gasteiger partial charge in [0.05, 0.1) is 6.10 Å². The predicted octanol–water partition coefficient (Wildman–Crippen LogP) is 1.01. The lowest BCUT2D eigenvalue weighted by molar-refractivity contribution is 0.114. The zero-order valence-corrected chi connectivity index (χ0v) is 12.5. The van der Waals surface area contributed by atoms with Gasteiger partial charge in [-0.1, -0.05) is 24.3 Å². The summed E-state index contributed by atoms with van der Waals surface area (Å²) >= 11 is 0. The maximum atomic E-state index is 12.7. The van der Waals surface area contributed by atoms with E-state index in [1.807, 2.05) is 18.2 Å². The van der Waals surface area contributed by atoms with Crippen molar-refractivity contribution >= 4 is 10.2 Å². The summed E-state index contributed by atoms with van der Waals surface area (Å²) in [5.41, 5.74) is 2.37. The number of hydrogen-bond acceptors (Lipinski definition) is 3. The van der Waals surface area contributed by atoms with Gasteiger partial charge in [0.15, 0.2) is 0 Å². The van der Waals surface area contributed by atoms with E-state index in [0.717, 1.165) is 18.4 Å². The molecule has 20 heavy (non-hydrogen) atoms. The van der Waals surface area contributed by atoms with E-state index in [9.17, 15) is 8.42 Å². The Kier molecular flexibility index (Phi) is 3.81. The van der Waals surface area contributed by atoms with Crippen molar-refractivity contribution in [1.29, 1.82) is 0 Å². The van der Waals surface area contributed by atoms with E-state index in [2.05, 4.69) is 6.07 Å². The standard InChI is InChI=1S/C14H20N2O3S/c1-19-14-7-9-16(11-14)20(17,18)15-8-6-12-4-2-3-5-13(12)10-15/h2-5,14H,6-11H2,1H3. The number of hydrogen-bond donors (Lipinski definition) is 0. The lowest BCUT2D eigenvalue weighted by atomic mass is 10.0. The Balaban J connectivity index is 1.77. The van der Waals surface area contributed by atoms with Crippen molar-refractivity contribution in [2.75, 3.05) is 26.7 Å². The maximum absolute atomic E-state index is 12.7. The van der Waals surface area contributed by atoms with Gasteiger partial charge in [0.25, 0.3) is 10.2 Å². The van der Waals surface area contributed by atoms with Crippen molar-refractivity contribution < 1.29 is 13.2 Å². The van der Waals surface area contributed by atoms with E-state index in [-0.39, 0.29) is 6.10 Å². The third-order valence-electron chi connectivity index (χ3n) is 4.19. The van der Waals surface area contributed by atoms with Crippen LogP contribution in [-0.2, 0) is 27.9 Å². The summed E-state index contributed by atoms with van der Waals surface area (Å²) in [6.45, 7) is 2.07. The molecule has 2 heterocycles. The smallest absolute Gasteiger partial charge is 0.282 e. The first-order chi connectivity index (χ1) is 9.61. The van der Waals surface area contributed by atoms with Gasteiger partial charge >= 0.3 is 0 Å². The van der Waals surface area contributed by atoms with Crippen molar-refractivity contribution in [3.63, 3.8) is 0 Å². The van der Waals surface area contributed by atoms with Crippen LogP contribution < -0.4 is 0 Å². The summed E-state index contributed by atoms with van der Waals surface area (Å²) in [6.07, 6.45) is 1.60. The second kappa shape index (κ2) is 5.44. The Morgan fingerprint density at radius 3 is 2.60 bits per heavy atom. The Bertz CT molecular complexity index is 588. The van der Waals surface area contributed by atoms with E-state index in [1.165, 1.54) is 5.56 Å². The Hall–Kier alpha value is -0.950. The molecule has 6 heteroatoms. The number of rotatable bonds is 3. The molecular weight excluding hydrogens is 276 g/mol. The van der Waals surface area contributed by atoms with Crippen LogP contribution in [-0.4, -0.2) is 49.9 Å². The molecule has 1 aromatic carbocycles. The maximum Gasteiger partial charge on any atom is 0.282 e. The summed E-state index contributed by atoms with van der Waals surface area (Å²) in [7, 11) is -1.72. The minimum absolute atomic E-state index is 0.0295. The summed E-state index contributed by atoms with van der Waals surface area (Å²) in [6, 6.07) is 8.06. The van der Waals surface area contributed by atoms with Gasteiger partial charge in [-0.25, -0.2) is 0 Å². The van der Waals surface area contributed by atoms with Crippen LogP contribution in [0.2, 0.25) is 0 Å². The lowest BCUT2D eigenvalue weighted by Gasteiger charge is -2.31. The second-order valence-corrected chi connectivity index (χ2v) is 7.29. The molecule has 0 spiro atoms. The van der Waals surface area contributed by atoms with Crippen molar-refractivity contribution in [2.24, 2.45) is 0 Å². The van der Waals surface area contributed by atoms with Gasteiger partial charge in [-0.05, 0) is 24.0 Å². The van der Waals surface area contributed by atoms with Crippen molar-refractivity contribution in [2.45, 2.75) is 25.5 Å². The van der Waals surface area contributed by atoms with E-state index < -0.39 is 10.2 Å². The predicted molar refractivity (Wildman–Crippen MR) is 76.5 cm³/mol. The molecule has 1 saturated heterocycles. The lowest BCUT2D eigenvalue weighted by Crippen LogP contribution is -2.45. The molecule has 0 amide bonds. The number of benzene rings is 1. The Labute approximate surface area is 120 Å². The molecule has 5 nitrogen and oxygen atoms in total. The minimum Gasteiger partial charge on any atom is -0.380 e. The monoisotopic (exact) mass is 296 g/mol. The van der Waals surface area contributed by atoms with Gasteiger partial charge in [0.2, 0.25) is 0 Å². The average Bonchev–Trinajstić information content (AvgIpc) is 2.96. The highest BCUT2D eigenvalue weighted by molar-refractivity contribution is 7.86. The Morgan fingerprint density at radius 1 is 1.15 bits per heavy atom. The largest absolute Gasteiger partial charge is 0.380 e. The molecule has 0 aliphatic carbocycles. The summed E-state index contributed by atoms with van der Waals surface area (Å²) in [5.74, 6) is 0. The van der Waals surface area contributed by atoms with Gasteiger partial charge in [-0.2, -0.15) is 17.0 Å². The summed E-state index contributed by atoms with van der Waals surface area (Å²) < 4.78 is 33.7. The van der Waals surface area contributed by atoms with Crippen LogP contribution in [0.25, 0.3) is 0 Å². The van der Waals surface area contributed by atoms with Gasteiger partial charge in [-0.15, -0.1) is 0 Å². The fourth-order valence-corrected chi connectivity index (χ4v) is 4.57. The van der Waals surface area contributed by atoms with Gasteiger partial charge in [0, 0.05) is 33.3 Å². The van der Waals surface area contributed by atoms with E-state index >= 15 is 0 Å². The summed E-state index contributed by atoms with van der Waals surface area (Å²) in [4.78, 5) is 0. The van der Waals surface area contributed by atoms with E-state index in [1.54, 1.807) is 15.7 Å². The zero-order chi connectivity index (χ0) is 14.2. The Morgan fingerprint density at radius 2 is 1.90 bits per heavy atom. The van der Waals surface area contributed by atoms with Crippen LogP contribution >= 0.6 is 0 Å². The van der Waals surface area contributed by atoms with Crippen LogP contribution in [0.3, 0.4) is 0 Å². The molecule has 1 fully saturated rings. The molecule has 0 saturated carbocycles. The molecule has 1 atom stereocenters. The first kappa shape index (κ1) is 14.0. The molecule has 0 radical (unpaired) electrons. The quantitative estimate of drug-likeness (QED) is 0.836.